The lowest BCUT2D eigenvalue weighted by atomic mass is 10.1. The molecule has 18 heavy (non-hydrogen) atoms. The van der Waals surface area contributed by atoms with E-state index in [0.717, 1.165) is 35.7 Å². The third-order valence-corrected chi connectivity index (χ3v) is 3.64. The van der Waals surface area contributed by atoms with E-state index in [-0.39, 0.29) is 0 Å². The number of nitrogens with zero attached hydrogens (tertiary/aromatic N) is 2. The standard InChI is InChI=1S/C14H18Cl2N2/c1-10(2)5-4-8-18-12-7-3-6-11(16)14(12)17-13(18)9-15/h3,6-7,10H,4-5,8-9H2,1-2H3. The van der Waals surface area contributed by atoms with Crippen LogP contribution in [-0.4, -0.2) is 9.55 Å². The monoisotopic (exact) mass is 284 g/mol. The molecular weight excluding hydrogens is 267 g/mol. The summed E-state index contributed by atoms with van der Waals surface area (Å²) in [5.74, 6) is 2.05. The van der Waals surface area contributed by atoms with E-state index < -0.39 is 0 Å². The first-order valence-corrected chi connectivity index (χ1v) is 7.24. The Kier molecular flexibility index (Phi) is 4.52. The number of aryl methyl sites for hydroxylation is 1. The molecule has 0 saturated heterocycles. The van der Waals surface area contributed by atoms with E-state index in [4.69, 9.17) is 23.2 Å². The molecule has 98 valence electrons. The lowest BCUT2D eigenvalue weighted by molar-refractivity contribution is 0.512. The van der Waals surface area contributed by atoms with Crippen LogP contribution < -0.4 is 0 Å². The molecule has 0 saturated carbocycles. The van der Waals surface area contributed by atoms with Crippen LogP contribution in [0, 0.1) is 5.92 Å². The van der Waals surface area contributed by atoms with Crippen molar-refractivity contribution in [3.8, 4) is 0 Å². The Labute approximate surface area is 118 Å². The second kappa shape index (κ2) is 5.94. The lowest BCUT2D eigenvalue weighted by Gasteiger charge is -2.09. The Morgan fingerprint density at radius 2 is 2.11 bits per heavy atom. The second-order valence-electron chi connectivity index (χ2n) is 4.96. The largest absolute Gasteiger partial charge is 0.327 e. The van der Waals surface area contributed by atoms with E-state index in [1.54, 1.807) is 0 Å². The summed E-state index contributed by atoms with van der Waals surface area (Å²) in [5.41, 5.74) is 1.95. The van der Waals surface area contributed by atoms with Gasteiger partial charge in [0.2, 0.25) is 0 Å². The molecule has 0 atom stereocenters. The highest BCUT2D eigenvalue weighted by atomic mass is 35.5. The van der Waals surface area contributed by atoms with Gasteiger partial charge in [-0.25, -0.2) is 4.98 Å². The van der Waals surface area contributed by atoms with Gasteiger partial charge in [-0.1, -0.05) is 31.5 Å². The van der Waals surface area contributed by atoms with Crippen molar-refractivity contribution >= 4 is 34.2 Å². The van der Waals surface area contributed by atoms with Crippen LogP contribution in [-0.2, 0) is 12.4 Å². The molecule has 0 unspecified atom stereocenters. The molecule has 1 aromatic heterocycles. The van der Waals surface area contributed by atoms with Crippen molar-refractivity contribution in [2.24, 2.45) is 5.92 Å². The zero-order chi connectivity index (χ0) is 13.1. The van der Waals surface area contributed by atoms with Gasteiger partial charge in [0.15, 0.2) is 0 Å². The van der Waals surface area contributed by atoms with Crippen LogP contribution in [0.25, 0.3) is 11.0 Å². The second-order valence-corrected chi connectivity index (χ2v) is 5.63. The first-order chi connectivity index (χ1) is 8.63. The number of hydrogen-bond acceptors (Lipinski definition) is 1. The Morgan fingerprint density at radius 1 is 1.33 bits per heavy atom. The van der Waals surface area contributed by atoms with Crippen LogP contribution in [0.15, 0.2) is 18.2 Å². The van der Waals surface area contributed by atoms with Crippen molar-refractivity contribution in [3.05, 3.63) is 29.0 Å². The molecule has 0 spiro atoms. The highest BCUT2D eigenvalue weighted by Gasteiger charge is 2.11. The molecular formula is C14H18Cl2N2. The van der Waals surface area contributed by atoms with Crippen LogP contribution in [0.3, 0.4) is 0 Å². The van der Waals surface area contributed by atoms with Crippen molar-refractivity contribution in [2.75, 3.05) is 0 Å². The van der Waals surface area contributed by atoms with Gasteiger partial charge in [-0.2, -0.15) is 0 Å². The van der Waals surface area contributed by atoms with Crippen molar-refractivity contribution in [1.82, 2.24) is 9.55 Å². The predicted molar refractivity (Wildman–Crippen MR) is 78.4 cm³/mol. The van der Waals surface area contributed by atoms with Crippen LogP contribution in [0.5, 0.6) is 0 Å². The van der Waals surface area contributed by atoms with Crippen molar-refractivity contribution in [3.63, 3.8) is 0 Å². The highest BCUT2D eigenvalue weighted by Crippen LogP contribution is 2.25. The molecule has 0 bridgehead atoms. The van der Waals surface area contributed by atoms with Gasteiger partial charge in [-0.3, -0.25) is 0 Å². The van der Waals surface area contributed by atoms with E-state index in [9.17, 15) is 0 Å². The van der Waals surface area contributed by atoms with E-state index >= 15 is 0 Å². The van der Waals surface area contributed by atoms with Crippen LogP contribution in [0.2, 0.25) is 5.02 Å². The molecule has 0 aliphatic rings. The summed E-state index contributed by atoms with van der Waals surface area (Å²) in [4.78, 5) is 4.53. The van der Waals surface area contributed by atoms with Crippen molar-refractivity contribution < 1.29 is 0 Å². The third kappa shape index (κ3) is 2.81. The van der Waals surface area contributed by atoms with Gasteiger partial charge in [-0.15, -0.1) is 11.6 Å². The number of hydrogen-bond donors (Lipinski definition) is 0. The summed E-state index contributed by atoms with van der Waals surface area (Å²) in [5, 5.41) is 0.696. The Hall–Kier alpha value is -0.730. The normalized spacial score (nSPS) is 11.6. The SMILES string of the molecule is CC(C)CCCn1c(CCl)nc2c(Cl)cccc21. The van der Waals surface area contributed by atoms with Crippen LogP contribution >= 0.6 is 23.2 Å². The van der Waals surface area contributed by atoms with Gasteiger partial charge in [0.05, 0.1) is 16.4 Å². The fourth-order valence-corrected chi connectivity index (χ4v) is 2.59. The molecule has 2 aromatic rings. The number of rotatable bonds is 5. The minimum absolute atomic E-state index is 0.423. The van der Waals surface area contributed by atoms with E-state index in [2.05, 4.69) is 29.5 Å². The van der Waals surface area contributed by atoms with E-state index in [0.29, 0.717) is 10.9 Å². The summed E-state index contributed by atoms with van der Waals surface area (Å²) in [6.45, 7) is 5.44. The maximum Gasteiger partial charge on any atom is 0.124 e. The molecule has 2 nitrogen and oxygen atoms in total. The summed E-state index contributed by atoms with van der Waals surface area (Å²) in [6, 6.07) is 5.89. The zero-order valence-electron chi connectivity index (χ0n) is 10.8. The molecule has 0 N–H and O–H groups in total. The third-order valence-electron chi connectivity index (χ3n) is 3.09. The van der Waals surface area contributed by atoms with Gasteiger partial charge in [-0.05, 0) is 30.9 Å². The van der Waals surface area contributed by atoms with Crippen LogP contribution in [0.4, 0.5) is 0 Å². The quantitative estimate of drug-likeness (QED) is 0.717. The molecule has 0 amide bonds. The number of halogens is 2. The maximum atomic E-state index is 6.16. The number of imidazole rings is 1. The van der Waals surface area contributed by atoms with Crippen LogP contribution in [0.1, 0.15) is 32.5 Å². The Balaban J connectivity index is 2.32. The fourth-order valence-electron chi connectivity index (χ4n) is 2.17. The molecule has 1 heterocycles. The van der Waals surface area contributed by atoms with E-state index in [1.807, 2.05) is 12.1 Å². The average molecular weight is 285 g/mol. The topological polar surface area (TPSA) is 17.8 Å². The molecule has 4 heteroatoms. The summed E-state index contributed by atoms with van der Waals surface area (Å²) in [7, 11) is 0. The molecule has 2 rings (SSSR count). The minimum Gasteiger partial charge on any atom is -0.327 e. The van der Waals surface area contributed by atoms with Gasteiger partial charge >= 0.3 is 0 Å². The average Bonchev–Trinajstić information content (AvgIpc) is 2.69. The number of alkyl halides is 1. The van der Waals surface area contributed by atoms with Gasteiger partial charge in [0.25, 0.3) is 0 Å². The predicted octanol–water partition coefficient (Wildman–Crippen LogP) is 4.86. The van der Waals surface area contributed by atoms with E-state index in [1.165, 1.54) is 6.42 Å². The summed E-state index contributed by atoms with van der Waals surface area (Å²) >= 11 is 12.1. The molecule has 0 aliphatic carbocycles. The van der Waals surface area contributed by atoms with Gasteiger partial charge in [0.1, 0.15) is 11.3 Å². The fraction of sp³-hybridized carbons (Fsp3) is 0.500. The molecule has 0 aliphatic heterocycles. The Bertz CT molecular complexity index is 532. The summed E-state index contributed by atoms with van der Waals surface area (Å²) in [6.07, 6.45) is 2.35. The maximum absolute atomic E-state index is 6.16. The number of aromatic nitrogens is 2. The number of benzene rings is 1. The first-order valence-electron chi connectivity index (χ1n) is 6.33. The Morgan fingerprint density at radius 3 is 2.78 bits per heavy atom. The number of fused-ring (bicyclic) bond motifs is 1. The van der Waals surface area contributed by atoms with Gasteiger partial charge in [0, 0.05) is 6.54 Å². The van der Waals surface area contributed by atoms with Crippen molar-refractivity contribution in [1.29, 1.82) is 0 Å². The summed E-state index contributed by atoms with van der Waals surface area (Å²) < 4.78 is 2.19. The lowest BCUT2D eigenvalue weighted by Crippen LogP contribution is -2.03. The van der Waals surface area contributed by atoms with Gasteiger partial charge < -0.3 is 4.57 Å². The molecule has 1 aromatic carbocycles. The highest BCUT2D eigenvalue weighted by molar-refractivity contribution is 6.34. The smallest absolute Gasteiger partial charge is 0.124 e. The first kappa shape index (κ1) is 13.7. The zero-order valence-corrected chi connectivity index (χ0v) is 12.3. The minimum atomic E-state index is 0.423. The van der Waals surface area contributed by atoms with Crippen molar-refractivity contribution in [2.45, 2.75) is 39.1 Å². The number of para-hydroxylation sites is 1. The molecule has 0 fully saturated rings. The molecule has 0 radical (unpaired) electrons.